The number of sulfonamides is 1. The Labute approximate surface area is 172 Å². The molecule has 7 nitrogen and oxygen atoms in total. The number of aryl methyl sites for hydroxylation is 1. The van der Waals surface area contributed by atoms with Crippen LogP contribution in [-0.2, 0) is 10.0 Å². The van der Waals surface area contributed by atoms with Crippen molar-refractivity contribution in [1.29, 1.82) is 0 Å². The zero-order valence-corrected chi connectivity index (χ0v) is 17.8. The highest BCUT2D eigenvalue weighted by molar-refractivity contribution is 7.89. The Morgan fingerprint density at radius 1 is 1.10 bits per heavy atom. The second-order valence-electron chi connectivity index (χ2n) is 7.10. The van der Waals surface area contributed by atoms with Crippen molar-refractivity contribution >= 4 is 21.6 Å². The molecule has 1 aliphatic heterocycles. The maximum Gasteiger partial charge on any atom is 0.255 e. The molecule has 0 aromatic heterocycles. The number of carbonyl (C=O) groups excluding carboxylic acids is 1. The van der Waals surface area contributed by atoms with Crippen molar-refractivity contribution in [2.75, 3.05) is 45.2 Å². The Hall–Kier alpha value is -2.42. The van der Waals surface area contributed by atoms with Crippen LogP contribution in [0.3, 0.4) is 0 Å². The van der Waals surface area contributed by atoms with Gasteiger partial charge < -0.3 is 15.0 Å². The third-order valence-electron chi connectivity index (χ3n) is 4.93. The summed E-state index contributed by atoms with van der Waals surface area (Å²) in [5.41, 5.74) is 1.51. The van der Waals surface area contributed by atoms with Gasteiger partial charge in [0.15, 0.2) is 0 Å². The van der Waals surface area contributed by atoms with Gasteiger partial charge in [0.05, 0.1) is 11.5 Å². The second-order valence-corrected chi connectivity index (χ2v) is 9.01. The van der Waals surface area contributed by atoms with Crippen molar-refractivity contribution in [2.24, 2.45) is 0 Å². The van der Waals surface area contributed by atoms with Gasteiger partial charge in [-0.2, -0.15) is 4.31 Å². The summed E-state index contributed by atoms with van der Waals surface area (Å²) >= 11 is 0. The summed E-state index contributed by atoms with van der Waals surface area (Å²) in [6.07, 6.45) is 0. The van der Waals surface area contributed by atoms with E-state index >= 15 is 0 Å². The van der Waals surface area contributed by atoms with Crippen LogP contribution in [0.1, 0.15) is 22.8 Å². The van der Waals surface area contributed by atoms with Gasteiger partial charge in [0.1, 0.15) is 5.75 Å². The van der Waals surface area contributed by atoms with Gasteiger partial charge >= 0.3 is 0 Å². The summed E-state index contributed by atoms with van der Waals surface area (Å²) in [5.74, 6) is 0.293. The third-order valence-corrected chi connectivity index (χ3v) is 6.97. The maximum absolute atomic E-state index is 13.1. The fourth-order valence-corrected chi connectivity index (χ4v) is 4.89. The van der Waals surface area contributed by atoms with Crippen molar-refractivity contribution in [3.63, 3.8) is 0 Å². The lowest BCUT2D eigenvalue weighted by molar-refractivity contribution is 0.102. The predicted octanol–water partition coefficient (Wildman–Crippen LogP) is 2.58. The Kier molecular flexibility index (Phi) is 6.56. The van der Waals surface area contributed by atoms with E-state index in [9.17, 15) is 13.2 Å². The van der Waals surface area contributed by atoms with Crippen LogP contribution >= 0.6 is 0 Å². The molecule has 1 saturated heterocycles. The first-order chi connectivity index (χ1) is 13.8. The summed E-state index contributed by atoms with van der Waals surface area (Å²) in [5, 5.41) is 2.81. The molecule has 2 aromatic rings. The normalized spacial score (nSPS) is 15.8. The number of ether oxygens (including phenoxy) is 1. The maximum atomic E-state index is 13.1. The molecular formula is C21H27N3O4S. The topological polar surface area (TPSA) is 78.9 Å². The number of carbonyl (C=O) groups is 1. The van der Waals surface area contributed by atoms with Crippen LogP contribution in [0.2, 0.25) is 0 Å². The molecule has 0 aliphatic carbocycles. The first kappa shape index (κ1) is 21.3. The molecule has 2 aromatic carbocycles. The first-order valence-corrected chi connectivity index (χ1v) is 11.1. The quantitative estimate of drug-likeness (QED) is 0.782. The van der Waals surface area contributed by atoms with Crippen LogP contribution in [-0.4, -0.2) is 63.4 Å². The number of nitrogens with zero attached hydrogens (tertiary/aromatic N) is 2. The largest absolute Gasteiger partial charge is 0.494 e. The molecule has 8 heteroatoms. The number of benzene rings is 2. The van der Waals surface area contributed by atoms with E-state index in [1.165, 1.54) is 10.4 Å². The van der Waals surface area contributed by atoms with Crippen molar-refractivity contribution in [3.8, 4) is 5.75 Å². The Balaban J connectivity index is 1.83. The van der Waals surface area contributed by atoms with Gasteiger partial charge in [0.25, 0.3) is 5.91 Å². The SMILES string of the molecule is CCOc1cccc(NC(=O)c2ccc(C)c(S(=O)(=O)N3CCN(C)CC3)c2)c1. The highest BCUT2D eigenvalue weighted by Crippen LogP contribution is 2.24. The first-order valence-electron chi connectivity index (χ1n) is 9.65. The Morgan fingerprint density at radius 2 is 1.83 bits per heavy atom. The van der Waals surface area contributed by atoms with Gasteiger partial charge in [-0.25, -0.2) is 8.42 Å². The molecule has 1 N–H and O–H groups in total. The van der Waals surface area contributed by atoms with Crippen LogP contribution in [0.5, 0.6) is 5.75 Å². The van der Waals surface area contributed by atoms with Gasteiger partial charge in [0, 0.05) is 43.5 Å². The van der Waals surface area contributed by atoms with Gasteiger partial charge in [-0.3, -0.25) is 4.79 Å². The van der Waals surface area contributed by atoms with Crippen molar-refractivity contribution in [3.05, 3.63) is 53.6 Å². The van der Waals surface area contributed by atoms with Gasteiger partial charge in [-0.1, -0.05) is 12.1 Å². The summed E-state index contributed by atoms with van der Waals surface area (Å²) in [6.45, 7) is 6.43. The van der Waals surface area contributed by atoms with E-state index in [1.54, 1.807) is 37.3 Å². The average molecular weight is 418 g/mol. The molecular weight excluding hydrogens is 390 g/mol. The van der Waals surface area contributed by atoms with E-state index in [-0.39, 0.29) is 10.8 Å². The number of amides is 1. The number of anilines is 1. The van der Waals surface area contributed by atoms with Crippen LogP contribution in [0, 0.1) is 6.92 Å². The molecule has 1 amide bonds. The summed E-state index contributed by atoms with van der Waals surface area (Å²) < 4.78 is 33.2. The number of nitrogens with one attached hydrogen (secondary N) is 1. The van der Waals surface area contributed by atoms with Gasteiger partial charge in [0.2, 0.25) is 10.0 Å². The molecule has 156 valence electrons. The zero-order valence-electron chi connectivity index (χ0n) is 17.0. The highest BCUT2D eigenvalue weighted by Gasteiger charge is 2.29. The second kappa shape index (κ2) is 8.94. The molecule has 1 aliphatic rings. The van der Waals surface area contributed by atoms with E-state index in [4.69, 9.17) is 4.74 Å². The van der Waals surface area contributed by atoms with E-state index < -0.39 is 10.0 Å². The Morgan fingerprint density at radius 3 is 2.52 bits per heavy atom. The lowest BCUT2D eigenvalue weighted by atomic mass is 10.1. The zero-order chi connectivity index (χ0) is 21.0. The average Bonchev–Trinajstić information content (AvgIpc) is 2.69. The monoisotopic (exact) mass is 417 g/mol. The van der Waals surface area contributed by atoms with Crippen molar-refractivity contribution < 1.29 is 17.9 Å². The minimum Gasteiger partial charge on any atom is -0.494 e. The van der Waals surface area contributed by atoms with Crippen LogP contribution < -0.4 is 10.1 Å². The molecule has 0 atom stereocenters. The lowest BCUT2D eigenvalue weighted by Crippen LogP contribution is -2.47. The molecule has 0 unspecified atom stereocenters. The summed E-state index contributed by atoms with van der Waals surface area (Å²) in [6, 6.07) is 11.9. The van der Waals surface area contributed by atoms with Crippen LogP contribution in [0.15, 0.2) is 47.4 Å². The highest BCUT2D eigenvalue weighted by atomic mass is 32.2. The fourth-order valence-electron chi connectivity index (χ4n) is 3.22. The Bertz CT molecular complexity index is 983. The molecule has 29 heavy (non-hydrogen) atoms. The van der Waals surface area contributed by atoms with E-state index in [0.717, 1.165) is 0 Å². The van der Waals surface area contributed by atoms with Crippen molar-refractivity contribution in [2.45, 2.75) is 18.7 Å². The molecule has 0 radical (unpaired) electrons. The van der Waals surface area contributed by atoms with Gasteiger partial charge in [-0.05, 0) is 50.7 Å². The van der Waals surface area contributed by atoms with Crippen LogP contribution in [0.4, 0.5) is 5.69 Å². The number of hydrogen-bond acceptors (Lipinski definition) is 5. The number of hydrogen-bond donors (Lipinski definition) is 1. The van der Waals surface area contributed by atoms with E-state index in [2.05, 4.69) is 10.2 Å². The third kappa shape index (κ3) is 4.95. The minimum atomic E-state index is -3.65. The standard InChI is InChI=1S/C21H27N3O4S/c1-4-28-19-7-5-6-18(15-19)22-21(25)17-9-8-16(2)20(14-17)29(26,27)24-12-10-23(3)11-13-24/h5-9,14-15H,4,10-13H2,1-3H3,(H,22,25). The van der Waals surface area contributed by atoms with Crippen molar-refractivity contribution in [1.82, 2.24) is 9.21 Å². The molecule has 1 fully saturated rings. The predicted molar refractivity (Wildman–Crippen MR) is 113 cm³/mol. The smallest absolute Gasteiger partial charge is 0.255 e. The molecule has 1 heterocycles. The van der Waals surface area contributed by atoms with Gasteiger partial charge in [-0.15, -0.1) is 0 Å². The number of likely N-dealkylation sites (N-methyl/N-ethyl adjacent to an activating group) is 1. The van der Waals surface area contributed by atoms with Crippen LogP contribution in [0.25, 0.3) is 0 Å². The van der Waals surface area contributed by atoms with E-state index in [0.29, 0.717) is 55.3 Å². The minimum absolute atomic E-state index is 0.178. The summed E-state index contributed by atoms with van der Waals surface area (Å²) in [7, 11) is -1.68. The number of rotatable bonds is 6. The summed E-state index contributed by atoms with van der Waals surface area (Å²) in [4.78, 5) is 15.0. The molecule has 0 bridgehead atoms. The lowest BCUT2D eigenvalue weighted by Gasteiger charge is -2.32. The van der Waals surface area contributed by atoms with E-state index in [1.807, 2.05) is 20.0 Å². The number of piperazine rings is 1. The molecule has 3 rings (SSSR count). The molecule has 0 spiro atoms. The molecule has 0 saturated carbocycles. The fraction of sp³-hybridized carbons (Fsp3) is 0.381.